The molecular formula is C9H11ClFN. The fourth-order valence-corrected chi connectivity index (χ4v) is 1.18. The quantitative estimate of drug-likeness (QED) is 0.673. The average molecular weight is 188 g/mol. The monoisotopic (exact) mass is 187 g/mol. The van der Waals surface area contributed by atoms with E-state index in [1.54, 1.807) is 24.3 Å². The molecular weight excluding hydrogens is 177 g/mol. The summed E-state index contributed by atoms with van der Waals surface area (Å²) in [5.41, 5.74) is 5.91. The lowest BCUT2D eigenvalue weighted by Crippen LogP contribution is -1.97. The lowest BCUT2D eigenvalue weighted by molar-refractivity contribution is 0.317. The molecule has 12 heavy (non-hydrogen) atoms. The van der Waals surface area contributed by atoms with E-state index >= 15 is 0 Å². The van der Waals surface area contributed by atoms with Crippen LogP contribution in [0.5, 0.6) is 0 Å². The van der Waals surface area contributed by atoms with Crippen LogP contribution in [-0.4, -0.2) is 0 Å². The van der Waals surface area contributed by atoms with E-state index in [1.807, 2.05) is 0 Å². The molecule has 1 nitrogen and oxygen atoms in total. The molecule has 66 valence electrons. The molecule has 0 heterocycles. The topological polar surface area (TPSA) is 26.0 Å². The summed E-state index contributed by atoms with van der Waals surface area (Å²) in [6, 6.07) is 7.02. The zero-order chi connectivity index (χ0) is 7.90. The molecule has 0 atom stereocenters. The maximum absolute atomic E-state index is 13.3. The van der Waals surface area contributed by atoms with Gasteiger partial charge < -0.3 is 5.73 Å². The van der Waals surface area contributed by atoms with Crippen LogP contribution in [0, 0.1) is 0 Å². The van der Waals surface area contributed by atoms with Crippen LogP contribution in [0.4, 0.5) is 10.1 Å². The SMILES string of the molecule is Cl.Nc1ccc(C2(F)CC2)cc1. The molecule has 0 saturated heterocycles. The fourth-order valence-electron chi connectivity index (χ4n) is 1.18. The Balaban J connectivity index is 0.000000720. The number of nitrogens with two attached hydrogens (primary N) is 1. The zero-order valence-corrected chi connectivity index (χ0v) is 7.40. The van der Waals surface area contributed by atoms with Gasteiger partial charge in [0.2, 0.25) is 0 Å². The van der Waals surface area contributed by atoms with Gasteiger partial charge in [0.1, 0.15) is 5.67 Å². The van der Waals surface area contributed by atoms with Gasteiger partial charge >= 0.3 is 0 Å². The Bertz CT molecular complexity index is 266. The minimum Gasteiger partial charge on any atom is -0.399 e. The summed E-state index contributed by atoms with van der Waals surface area (Å²) in [6.45, 7) is 0. The third-order valence-corrected chi connectivity index (χ3v) is 2.12. The minimum atomic E-state index is -1.02. The summed E-state index contributed by atoms with van der Waals surface area (Å²) in [6.07, 6.45) is 1.33. The number of rotatable bonds is 1. The number of alkyl halides is 1. The summed E-state index contributed by atoms with van der Waals surface area (Å²) < 4.78 is 13.3. The molecule has 0 bridgehead atoms. The summed E-state index contributed by atoms with van der Waals surface area (Å²) >= 11 is 0. The standard InChI is InChI=1S/C9H10FN.ClH/c10-9(5-6-9)7-1-3-8(11)4-2-7;/h1-4H,5-6,11H2;1H. The molecule has 0 spiro atoms. The van der Waals surface area contributed by atoms with Crippen molar-refractivity contribution in [2.75, 3.05) is 5.73 Å². The summed E-state index contributed by atoms with van der Waals surface area (Å²) in [5.74, 6) is 0. The van der Waals surface area contributed by atoms with Crippen LogP contribution in [-0.2, 0) is 5.67 Å². The Morgan fingerprint density at radius 2 is 1.67 bits per heavy atom. The normalized spacial score (nSPS) is 18.1. The van der Waals surface area contributed by atoms with Crippen LogP contribution >= 0.6 is 12.4 Å². The van der Waals surface area contributed by atoms with Crippen LogP contribution in [0.2, 0.25) is 0 Å². The van der Waals surface area contributed by atoms with Gasteiger partial charge in [-0.25, -0.2) is 4.39 Å². The second-order valence-electron chi connectivity index (χ2n) is 3.09. The highest BCUT2D eigenvalue weighted by molar-refractivity contribution is 5.85. The van der Waals surface area contributed by atoms with E-state index in [1.165, 1.54) is 0 Å². The third kappa shape index (κ3) is 1.53. The molecule has 1 fully saturated rings. The number of benzene rings is 1. The zero-order valence-electron chi connectivity index (χ0n) is 6.59. The second-order valence-corrected chi connectivity index (χ2v) is 3.09. The molecule has 2 rings (SSSR count). The molecule has 1 aliphatic carbocycles. The van der Waals surface area contributed by atoms with Crippen LogP contribution < -0.4 is 5.73 Å². The van der Waals surface area contributed by atoms with Gasteiger partial charge in [0, 0.05) is 5.69 Å². The van der Waals surface area contributed by atoms with Crippen LogP contribution in [0.1, 0.15) is 18.4 Å². The molecule has 0 aromatic heterocycles. The summed E-state index contributed by atoms with van der Waals surface area (Å²) in [7, 11) is 0. The Morgan fingerprint density at radius 3 is 2.08 bits per heavy atom. The minimum absolute atomic E-state index is 0. The lowest BCUT2D eigenvalue weighted by Gasteiger charge is -2.03. The Kier molecular flexibility index (Phi) is 2.29. The molecule has 0 aliphatic heterocycles. The predicted molar refractivity (Wildman–Crippen MR) is 50.1 cm³/mol. The molecule has 1 aliphatic rings. The Labute approximate surface area is 77.2 Å². The van der Waals surface area contributed by atoms with E-state index < -0.39 is 5.67 Å². The number of anilines is 1. The van der Waals surface area contributed by atoms with E-state index in [9.17, 15) is 4.39 Å². The van der Waals surface area contributed by atoms with Crippen molar-refractivity contribution in [3.8, 4) is 0 Å². The summed E-state index contributed by atoms with van der Waals surface area (Å²) in [5, 5.41) is 0. The van der Waals surface area contributed by atoms with Gasteiger partial charge in [-0.15, -0.1) is 12.4 Å². The van der Waals surface area contributed by atoms with Crippen LogP contribution in [0.3, 0.4) is 0 Å². The molecule has 0 unspecified atom stereocenters. The van der Waals surface area contributed by atoms with Gasteiger partial charge in [-0.3, -0.25) is 0 Å². The van der Waals surface area contributed by atoms with Gasteiger partial charge in [-0.1, -0.05) is 12.1 Å². The van der Waals surface area contributed by atoms with Gasteiger partial charge in [0.25, 0.3) is 0 Å². The largest absolute Gasteiger partial charge is 0.399 e. The number of hydrogen-bond donors (Lipinski definition) is 1. The number of nitrogen functional groups attached to an aromatic ring is 1. The van der Waals surface area contributed by atoms with E-state index in [2.05, 4.69) is 0 Å². The van der Waals surface area contributed by atoms with E-state index in [-0.39, 0.29) is 12.4 Å². The van der Waals surface area contributed by atoms with Crippen molar-refractivity contribution in [3.63, 3.8) is 0 Å². The van der Waals surface area contributed by atoms with Crippen molar-refractivity contribution in [2.24, 2.45) is 0 Å². The molecule has 0 radical (unpaired) electrons. The van der Waals surface area contributed by atoms with Gasteiger partial charge in [0.05, 0.1) is 0 Å². The smallest absolute Gasteiger partial charge is 0.136 e. The van der Waals surface area contributed by atoms with Crippen molar-refractivity contribution in [3.05, 3.63) is 29.8 Å². The lowest BCUT2D eigenvalue weighted by atomic mass is 10.1. The maximum atomic E-state index is 13.3. The first kappa shape index (κ1) is 9.33. The highest BCUT2D eigenvalue weighted by atomic mass is 35.5. The number of halogens is 2. The maximum Gasteiger partial charge on any atom is 0.136 e. The van der Waals surface area contributed by atoms with Gasteiger partial charge in [0.15, 0.2) is 0 Å². The molecule has 1 aromatic rings. The van der Waals surface area contributed by atoms with Crippen molar-refractivity contribution in [1.82, 2.24) is 0 Å². The molecule has 2 N–H and O–H groups in total. The van der Waals surface area contributed by atoms with Crippen LogP contribution in [0.15, 0.2) is 24.3 Å². The predicted octanol–water partition coefficient (Wildman–Crippen LogP) is 2.65. The summed E-state index contributed by atoms with van der Waals surface area (Å²) in [4.78, 5) is 0. The Hall–Kier alpha value is -0.760. The van der Waals surface area contributed by atoms with E-state index in [0.717, 1.165) is 5.56 Å². The highest BCUT2D eigenvalue weighted by Gasteiger charge is 2.44. The first-order chi connectivity index (χ1) is 5.21. The van der Waals surface area contributed by atoms with Gasteiger partial charge in [-0.05, 0) is 30.5 Å². The number of hydrogen-bond acceptors (Lipinski definition) is 1. The molecule has 3 heteroatoms. The second kappa shape index (κ2) is 2.94. The van der Waals surface area contributed by atoms with Gasteiger partial charge in [-0.2, -0.15) is 0 Å². The van der Waals surface area contributed by atoms with Crippen molar-refractivity contribution in [1.29, 1.82) is 0 Å². The highest BCUT2D eigenvalue weighted by Crippen LogP contribution is 2.49. The third-order valence-electron chi connectivity index (χ3n) is 2.12. The van der Waals surface area contributed by atoms with Crippen molar-refractivity contribution >= 4 is 18.1 Å². The van der Waals surface area contributed by atoms with E-state index in [0.29, 0.717) is 18.5 Å². The van der Waals surface area contributed by atoms with Crippen molar-refractivity contribution < 1.29 is 4.39 Å². The average Bonchev–Trinajstić information content (AvgIpc) is 2.70. The molecule has 1 aromatic carbocycles. The fraction of sp³-hybridized carbons (Fsp3) is 0.333. The van der Waals surface area contributed by atoms with Crippen LogP contribution in [0.25, 0.3) is 0 Å². The first-order valence-electron chi connectivity index (χ1n) is 3.76. The Morgan fingerprint density at radius 1 is 1.17 bits per heavy atom. The molecule has 0 amide bonds. The molecule has 1 saturated carbocycles. The first-order valence-corrected chi connectivity index (χ1v) is 3.76. The van der Waals surface area contributed by atoms with Crippen molar-refractivity contribution in [2.45, 2.75) is 18.5 Å². The van der Waals surface area contributed by atoms with E-state index in [4.69, 9.17) is 5.73 Å².